The average Bonchev–Trinajstić information content (AvgIpc) is 2.26. The number of nitrogens with zero attached hydrogens (tertiary/aromatic N) is 1. The first-order valence-corrected chi connectivity index (χ1v) is 5.61. The van der Waals surface area contributed by atoms with Gasteiger partial charge in [-0.3, -0.25) is 10.3 Å². The van der Waals surface area contributed by atoms with Gasteiger partial charge in [0.1, 0.15) is 0 Å². The molecule has 1 aromatic heterocycles. The van der Waals surface area contributed by atoms with Gasteiger partial charge in [-0.2, -0.15) is 13.2 Å². The predicted molar refractivity (Wildman–Crippen MR) is 60.9 cm³/mol. The van der Waals surface area contributed by atoms with E-state index in [-0.39, 0.29) is 6.54 Å². The van der Waals surface area contributed by atoms with E-state index in [9.17, 15) is 18.0 Å². The van der Waals surface area contributed by atoms with Crippen LogP contribution in [-0.2, 0) is 11.3 Å². The van der Waals surface area contributed by atoms with Crippen LogP contribution in [-0.4, -0.2) is 27.8 Å². The van der Waals surface area contributed by atoms with E-state index in [1.165, 1.54) is 12.3 Å². The first kappa shape index (κ1) is 14.9. The number of hydrogen-bond donors (Lipinski definition) is 2. The van der Waals surface area contributed by atoms with Crippen LogP contribution in [0.5, 0.6) is 0 Å². The fourth-order valence-electron chi connectivity index (χ4n) is 1.08. The smallest absolute Gasteiger partial charge is 0.417 e. The van der Waals surface area contributed by atoms with Crippen LogP contribution >= 0.6 is 15.9 Å². The predicted octanol–water partition coefficient (Wildman–Crippen LogP) is 2.34. The first-order valence-electron chi connectivity index (χ1n) is 4.82. The standard InChI is InChI=1S/C10H10BrF3N2O2/c1-9(8(17)18,10(12,13)14)16-5-7-3-2-6(11)4-15-7/h2-4,16H,5H2,1H3,(H,17,18). The van der Waals surface area contributed by atoms with Gasteiger partial charge in [-0.1, -0.05) is 0 Å². The molecular weight excluding hydrogens is 317 g/mol. The number of hydrogen-bond acceptors (Lipinski definition) is 3. The molecule has 8 heteroatoms. The fraction of sp³-hybridized carbons (Fsp3) is 0.400. The van der Waals surface area contributed by atoms with Crippen molar-refractivity contribution in [1.82, 2.24) is 10.3 Å². The summed E-state index contributed by atoms with van der Waals surface area (Å²) in [4.78, 5) is 14.6. The van der Waals surface area contributed by atoms with Crippen molar-refractivity contribution in [3.63, 3.8) is 0 Å². The van der Waals surface area contributed by atoms with Gasteiger partial charge < -0.3 is 5.11 Å². The molecule has 1 heterocycles. The molecule has 0 saturated heterocycles. The molecule has 1 atom stereocenters. The average molecular weight is 327 g/mol. The van der Waals surface area contributed by atoms with Crippen molar-refractivity contribution >= 4 is 21.9 Å². The second-order valence-corrected chi connectivity index (χ2v) is 4.66. The highest BCUT2D eigenvalue weighted by atomic mass is 79.9. The minimum absolute atomic E-state index is 0.296. The molecule has 0 bridgehead atoms. The number of rotatable bonds is 4. The number of nitrogens with one attached hydrogen (secondary N) is 1. The molecule has 0 aliphatic carbocycles. The van der Waals surface area contributed by atoms with E-state index in [2.05, 4.69) is 20.9 Å². The lowest BCUT2D eigenvalue weighted by Gasteiger charge is -2.28. The third kappa shape index (κ3) is 3.20. The lowest BCUT2D eigenvalue weighted by atomic mass is 10.0. The topological polar surface area (TPSA) is 62.2 Å². The van der Waals surface area contributed by atoms with Crippen molar-refractivity contribution < 1.29 is 23.1 Å². The molecule has 0 fully saturated rings. The number of carboxylic acids is 1. The van der Waals surface area contributed by atoms with Gasteiger partial charge in [0.2, 0.25) is 5.54 Å². The Kier molecular flexibility index (Phi) is 4.33. The summed E-state index contributed by atoms with van der Waals surface area (Å²) in [6.07, 6.45) is -3.48. The van der Waals surface area contributed by atoms with E-state index in [0.29, 0.717) is 17.1 Å². The molecule has 4 nitrogen and oxygen atoms in total. The number of aromatic nitrogens is 1. The zero-order valence-electron chi connectivity index (χ0n) is 9.25. The maximum atomic E-state index is 12.7. The molecule has 1 rings (SSSR count). The van der Waals surface area contributed by atoms with E-state index < -0.39 is 17.7 Å². The molecule has 0 spiro atoms. The Balaban J connectivity index is 2.81. The minimum atomic E-state index is -4.89. The quantitative estimate of drug-likeness (QED) is 0.891. The number of aliphatic carboxylic acids is 1. The van der Waals surface area contributed by atoms with E-state index >= 15 is 0 Å². The Hall–Kier alpha value is -1.15. The monoisotopic (exact) mass is 326 g/mol. The highest BCUT2D eigenvalue weighted by Crippen LogP contribution is 2.30. The van der Waals surface area contributed by atoms with Crippen molar-refractivity contribution in [3.8, 4) is 0 Å². The molecule has 1 aromatic rings. The van der Waals surface area contributed by atoms with Crippen LogP contribution < -0.4 is 5.32 Å². The molecular formula is C10H10BrF3N2O2. The van der Waals surface area contributed by atoms with Gasteiger partial charge in [-0.15, -0.1) is 0 Å². The highest BCUT2D eigenvalue weighted by molar-refractivity contribution is 9.10. The third-order valence-corrected chi connectivity index (χ3v) is 2.88. The fourth-order valence-corrected chi connectivity index (χ4v) is 1.31. The van der Waals surface area contributed by atoms with Crippen LogP contribution in [0.1, 0.15) is 12.6 Å². The molecule has 0 aromatic carbocycles. The first-order chi connectivity index (χ1) is 8.17. The molecule has 0 amide bonds. The zero-order chi connectivity index (χ0) is 14.0. The Morgan fingerprint density at radius 2 is 2.11 bits per heavy atom. The van der Waals surface area contributed by atoms with Crippen molar-refractivity contribution in [3.05, 3.63) is 28.5 Å². The van der Waals surface area contributed by atoms with Gasteiger partial charge in [0.05, 0.1) is 5.69 Å². The number of carboxylic acid groups (broad SMARTS) is 1. The molecule has 2 N–H and O–H groups in total. The summed E-state index contributed by atoms with van der Waals surface area (Å²) in [7, 11) is 0. The summed E-state index contributed by atoms with van der Waals surface area (Å²) in [5, 5.41) is 10.6. The van der Waals surface area contributed by atoms with Crippen molar-refractivity contribution in [2.75, 3.05) is 0 Å². The summed E-state index contributed by atoms with van der Waals surface area (Å²) >= 11 is 3.13. The molecule has 0 aliphatic heterocycles. The number of alkyl halides is 3. The number of carbonyl (C=O) groups is 1. The van der Waals surface area contributed by atoms with Crippen LogP contribution in [0.3, 0.4) is 0 Å². The second kappa shape index (κ2) is 5.23. The second-order valence-electron chi connectivity index (χ2n) is 3.75. The third-order valence-electron chi connectivity index (χ3n) is 2.41. The van der Waals surface area contributed by atoms with E-state index in [0.717, 1.165) is 0 Å². The van der Waals surface area contributed by atoms with Gasteiger partial charge in [0.25, 0.3) is 0 Å². The lowest BCUT2D eigenvalue weighted by molar-refractivity contribution is -0.206. The maximum absolute atomic E-state index is 12.7. The molecule has 100 valence electrons. The molecule has 0 radical (unpaired) electrons. The van der Waals surface area contributed by atoms with Crippen molar-refractivity contribution in [2.24, 2.45) is 0 Å². The summed E-state index contributed by atoms with van der Waals surface area (Å²) < 4.78 is 38.6. The maximum Gasteiger partial charge on any atom is 0.417 e. The number of halogens is 4. The summed E-state index contributed by atoms with van der Waals surface area (Å²) in [6, 6.07) is 3.10. The van der Waals surface area contributed by atoms with E-state index in [1.807, 2.05) is 5.32 Å². The summed E-state index contributed by atoms with van der Waals surface area (Å²) in [5.74, 6) is -1.98. The Bertz CT molecular complexity index is 436. The SMILES string of the molecule is CC(NCc1ccc(Br)cn1)(C(=O)O)C(F)(F)F. The van der Waals surface area contributed by atoms with Crippen LogP contribution in [0.4, 0.5) is 13.2 Å². The number of pyridine rings is 1. The summed E-state index contributed by atoms with van der Waals surface area (Å²) in [5.41, 5.74) is -2.68. The lowest BCUT2D eigenvalue weighted by Crippen LogP contribution is -2.59. The molecule has 18 heavy (non-hydrogen) atoms. The molecule has 0 aliphatic rings. The van der Waals surface area contributed by atoms with Crippen LogP contribution in [0.25, 0.3) is 0 Å². The van der Waals surface area contributed by atoms with E-state index in [4.69, 9.17) is 5.11 Å². The van der Waals surface area contributed by atoms with Crippen molar-refractivity contribution in [2.45, 2.75) is 25.2 Å². The van der Waals surface area contributed by atoms with Crippen LogP contribution in [0, 0.1) is 0 Å². The van der Waals surface area contributed by atoms with Gasteiger partial charge in [-0.25, -0.2) is 4.79 Å². The van der Waals surface area contributed by atoms with Crippen molar-refractivity contribution in [1.29, 1.82) is 0 Å². The highest BCUT2D eigenvalue weighted by Gasteiger charge is 2.57. The van der Waals surface area contributed by atoms with Crippen LogP contribution in [0.15, 0.2) is 22.8 Å². The minimum Gasteiger partial charge on any atom is -0.480 e. The largest absolute Gasteiger partial charge is 0.480 e. The molecule has 0 saturated carbocycles. The van der Waals surface area contributed by atoms with Gasteiger partial charge >= 0.3 is 12.1 Å². The van der Waals surface area contributed by atoms with Gasteiger partial charge in [0.15, 0.2) is 0 Å². The Morgan fingerprint density at radius 1 is 1.50 bits per heavy atom. The van der Waals surface area contributed by atoms with Gasteiger partial charge in [0, 0.05) is 17.2 Å². The zero-order valence-corrected chi connectivity index (χ0v) is 10.8. The summed E-state index contributed by atoms with van der Waals surface area (Å²) in [6.45, 7) is 0.282. The normalized spacial score (nSPS) is 15.2. The molecule has 1 unspecified atom stereocenters. The van der Waals surface area contributed by atoms with Crippen LogP contribution in [0.2, 0.25) is 0 Å². The Morgan fingerprint density at radius 3 is 2.50 bits per heavy atom. The Labute approximate surface area is 109 Å². The van der Waals surface area contributed by atoms with Gasteiger partial charge in [-0.05, 0) is 35.0 Å². The van der Waals surface area contributed by atoms with E-state index in [1.54, 1.807) is 6.07 Å².